The average molecular weight is 422 g/mol. The molecule has 0 radical (unpaired) electrons. The van der Waals surface area contributed by atoms with E-state index in [-0.39, 0.29) is 11.6 Å². The summed E-state index contributed by atoms with van der Waals surface area (Å²) in [6, 6.07) is 9.79. The highest BCUT2D eigenvalue weighted by Crippen LogP contribution is 2.46. The van der Waals surface area contributed by atoms with E-state index in [1.54, 1.807) is 0 Å². The van der Waals surface area contributed by atoms with Crippen molar-refractivity contribution in [3.8, 4) is 0 Å². The second-order valence-electron chi connectivity index (χ2n) is 10.8. The predicted octanol–water partition coefficient (Wildman–Crippen LogP) is 4.61. The Morgan fingerprint density at radius 2 is 1.39 bits per heavy atom. The van der Waals surface area contributed by atoms with E-state index < -0.39 is 5.56 Å². The van der Waals surface area contributed by atoms with Gasteiger partial charge in [-0.25, -0.2) is 0 Å². The summed E-state index contributed by atoms with van der Waals surface area (Å²) in [6.45, 7) is 0. The molecule has 5 nitrogen and oxygen atoms in total. The topological polar surface area (TPSA) is 58.1 Å². The third kappa shape index (κ3) is 3.49. The van der Waals surface area contributed by atoms with Gasteiger partial charge in [0.2, 0.25) is 0 Å². The summed E-state index contributed by atoms with van der Waals surface area (Å²) in [4.78, 5) is 31.1. The number of aromatic amines is 1. The lowest BCUT2D eigenvalue weighted by Gasteiger charge is -2.54. The van der Waals surface area contributed by atoms with E-state index in [0.29, 0.717) is 12.1 Å². The van der Waals surface area contributed by atoms with Crippen LogP contribution in [0.15, 0.2) is 33.9 Å². The number of rotatable bonds is 2. The minimum absolute atomic E-state index is 0.136. The second kappa shape index (κ2) is 7.91. The molecule has 2 aromatic rings. The Morgan fingerprint density at radius 1 is 0.710 bits per heavy atom. The zero-order valence-corrected chi connectivity index (χ0v) is 18.5. The number of piperidine rings is 2. The Kier molecular flexibility index (Phi) is 5.05. The Hall–Kier alpha value is -1.88. The number of fused-ring (bicyclic) bond motifs is 5. The first-order valence-corrected chi connectivity index (χ1v) is 12.7. The minimum atomic E-state index is -0.484. The van der Waals surface area contributed by atoms with E-state index >= 15 is 0 Å². The van der Waals surface area contributed by atoms with Gasteiger partial charge >= 0.3 is 11.1 Å². The highest BCUT2D eigenvalue weighted by atomic mass is 16.2. The van der Waals surface area contributed by atoms with E-state index in [0.717, 1.165) is 41.8 Å². The van der Waals surface area contributed by atoms with Crippen LogP contribution in [0.25, 0.3) is 11.0 Å². The highest BCUT2D eigenvalue weighted by molar-refractivity contribution is 5.74. The maximum Gasteiger partial charge on any atom is 0.316 e. The first-order valence-electron chi connectivity index (χ1n) is 12.7. The summed E-state index contributed by atoms with van der Waals surface area (Å²) in [5.41, 5.74) is 0.796. The monoisotopic (exact) mass is 421 g/mol. The lowest BCUT2D eigenvalue weighted by Crippen LogP contribution is -2.58. The first-order chi connectivity index (χ1) is 15.2. The number of nitrogens with one attached hydrogen (secondary N) is 1. The second-order valence-corrected chi connectivity index (χ2v) is 10.8. The molecule has 6 rings (SSSR count). The Labute approximate surface area is 183 Å². The fraction of sp³-hybridized carbons (Fsp3) is 0.692. The molecule has 4 unspecified atom stereocenters. The summed E-state index contributed by atoms with van der Waals surface area (Å²) in [5.74, 6) is 1.87. The van der Waals surface area contributed by atoms with Crippen molar-refractivity contribution in [2.45, 2.75) is 101 Å². The molecule has 4 aliphatic rings. The van der Waals surface area contributed by atoms with Gasteiger partial charge in [-0.1, -0.05) is 44.2 Å². The van der Waals surface area contributed by atoms with Crippen LogP contribution in [0.1, 0.15) is 83.1 Å². The van der Waals surface area contributed by atoms with Gasteiger partial charge in [-0.3, -0.25) is 19.1 Å². The van der Waals surface area contributed by atoms with E-state index in [1.807, 2.05) is 28.8 Å². The molecule has 4 fully saturated rings. The van der Waals surface area contributed by atoms with Crippen LogP contribution in [0.4, 0.5) is 0 Å². The number of para-hydroxylation sites is 2. The molecule has 1 N–H and O–H groups in total. The van der Waals surface area contributed by atoms with E-state index in [9.17, 15) is 9.59 Å². The first kappa shape index (κ1) is 19.8. The summed E-state index contributed by atoms with van der Waals surface area (Å²) in [6.07, 6.45) is 15.8. The molecular formula is C26H35N3O2. The van der Waals surface area contributed by atoms with Gasteiger partial charge in [0.25, 0.3) is 0 Å². The zero-order valence-electron chi connectivity index (χ0n) is 18.5. The van der Waals surface area contributed by atoms with Gasteiger partial charge in [-0.15, -0.1) is 0 Å². The lowest BCUT2D eigenvalue weighted by molar-refractivity contribution is -0.0421. The van der Waals surface area contributed by atoms with Crippen LogP contribution in [-0.4, -0.2) is 32.6 Å². The van der Waals surface area contributed by atoms with Crippen LogP contribution < -0.4 is 11.1 Å². The molecule has 2 saturated heterocycles. The van der Waals surface area contributed by atoms with Crippen LogP contribution in [-0.2, 0) is 0 Å². The average Bonchev–Trinajstić information content (AvgIpc) is 2.93. The van der Waals surface area contributed by atoms with Crippen molar-refractivity contribution in [2.75, 3.05) is 0 Å². The van der Waals surface area contributed by atoms with Gasteiger partial charge in [0.1, 0.15) is 0 Å². The minimum Gasteiger partial charge on any atom is -0.316 e. The van der Waals surface area contributed by atoms with Crippen molar-refractivity contribution in [3.63, 3.8) is 0 Å². The molecule has 1 aromatic carbocycles. The third-order valence-electron chi connectivity index (χ3n) is 8.97. The number of hydrogen-bond donors (Lipinski definition) is 1. The quantitative estimate of drug-likeness (QED) is 0.721. The molecule has 5 heteroatoms. The standard InChI is InChI=1S/C26H35N3O2/c30-25-26(31)29(24-11-4-3-10-23(24)27-25)22-15-19-8-5-9-20(16-22)28(19)21-13-17-6-1-2-7-18(12-17)14-21/h3-4,10-11,17-22H,1-2,5-9,12-16H2,(H,27,30). The maximum atomic E-state index is 13.0. The van der Waals surface area contributed by atoms with Crippen molar-refractivity contribution >= 4 is 11.0 Å². The molecule has 4 atom stereocenters. The van der Waals surface area contributed by atoms with Gasteiger partial charge in [0.05, 0.1) is 11.0 Å². The van der Waals surface area contributed by atoms with Crippen LogP contribution in [0.2, 0.25) is 0 Å². The number of hydrogen-bond acceptors (Lipinski definition) is 3. The van der Waals surface area contributed by atoms with Gasteiger partial charge < -0.3 is 4.98 Å². The molecule has 2 aliphatic heterocycles. The SMILES string of the molecule is O=c1[nH]c2ccccc2n(C2CC3CCCC(C2)N3C2CC3CCCCC(C3)C2)c1=O. The molecule has 166 valence electrons. The molecule has 2 saturated carbocycles. The molecule has 31 heavy (non-hydrogen) atoms. The smallest absolute Gasteiger partial charge is 0.316 e. The van der Waals surface area contributed by atoms with Crippen molar-refractivity contribution in [1.82, 2.24) is 14.5 Å². The third-order valence-corrected chi connectivity index (χ3v) is 8.97. The Morgan fingerprint density at radius 3 is 2.10 bits per heavy atom. The normalized spacial score (nSPS) is 36.3. The summed E-state index contributed by atoms with van der Waals surface area (Å²) in [7, 11) is 0. The van der Waals surface area contributed by atoms with Crippen LogP contribution >= 0.6 is 0 Å². The van der Waals surface area contributed by atoms with Gasteiger partial charge in [-0.05, 0) is 68.9 Å². The molecule has 1 aromatic heterocycles. The number of nitrogens with zero attached hydrogens (tertiary/aromatic N) is 2. The summed E-state index contributed by atoms with van der Waals surface area (Å²) in [5, 5.41) is 0. The molecule has 3 heterocycles. The van der Waals surface area contributed by atoms with E-state index in [2.05, 4.69) is 9.88 Å². The predicted molar refractivity (Wildman–Crippen MR) is 123 cm³/mol. The fourth-order valence-electron chi connectivity index (χ4n) is 7.85. The molecule has 2 aliphatic carbocycles. The van der Waals surface area contributed by atoms with Crippen LogP contribution in [0.5, 0.6) is 0 Å². The zero-order chi connectivity index (χ0) is 20.9. The Balaban J connectivity index is 1.32. The van der Waals surface area contributed by atoms with Crippen molar-refractivity contribution in [2.24, 2.45) is 11.8 Å². The van der Waals surface area contributed by atoms with Crippen molar-refractivity contribution in [1.29, 1.82) is 0 Å². The molecule has 0 amide bonds. The Bertz CT molecular complexity index is 1040. The highest BCUT2D eigenvalue weighted by Gasteiger charge is 2.45. The van der Waals surface area contributed by atoms with Crippen LogP contribution in [0.3, 0.4) is 0 Å². The summed E-state index contributed by atoms with van der Waals surface area (Å²) >= 11 is 0. The number of aromatic nitrogens is 2. The van der Waals surface area contributed by atoms with E-state index in [1.165, 1.54) is 64.2 Å². The van der Waals surface area contributed by atoms with Crippen molar-refractivity contribution < 1.29 is 0 Å². The molecular weight excluding hydrogens is 386 g/mol. The fourth-order valence-corrected chi connectivity index (χ4v) is 7.85. The number of benzene rings is 1. The largest absolute Gasteiger partial charge is 0.316 e. The summed E-state index contributed by atoms with van der Waals surface area (Å²) < 4.78 is 1.84. The van der Waals surface area contributed by atoms with Crippen LogP contribution in [0, 0.1) is 11.8 Å². The lowest BCUT2D eigenvalue weighted by atomic mass is 9.73. The van der Waals surface area contributed by atoms with Gasteiger partial charge in [-0.2, -0.15) is 0 Å². The molecule has 0 spiro atoms. The maximum absolute atomic E-state index is 13.0. The van der Waals surface area contributed by atoms with Gasteiger partial charge in [0.15, 0.2) is 0 Å². The molecule has 4 bridgehead atoms. The van der Waals surface area contributed by atoms with Crippen molar-refractivity contribution in [3.05, 3.63) is 45.0 Å². The van der Waals surface area contributed by atoms with E-state index in [4.69, 9.17) is 0 Å². The number of H-pyrrole nitrogens is 1. The van der Waals surface area contributed by atoms with Gasteiger partial charge in [0, 0.05) is 24.2 Å².